The van der Waals surface area contributed by atoms with Gasteiger partial charge in [-0.3, -0.25) is 0 Å². The molecule has 0 aromatic carbocycles. The minimum absolute atomic E-state index is 0. The fraction of sp³-hybridized carbons (Fsp3) is 0. The second-order valence-electron chi connectivity index (χ2n) is 1.34. The summed E-state index contributed by atoms with van der Waals surface area (Å²) >= 11 is 3.00. The molecule has 0 nitrogen and oxygen atoms in total. The van der Waals surface area contributed by atoms with Crippen molar-refractivity contribution < 1.29 is 47.8 Å². The maximum absolute atomic E-state index is 12.2. The van der Waals surface area contributed by atoms with E-state index in [0.717, 1.165) is 0 Å². The van der Waals surface area contributed by atoms with Crippen LogP contribution in [0, 0.1) is 6.17 Å². The van der Waals surface area contributed by atoms with Crippen LogP contribution in [0.25, 0.3) is 0 Å². The average Bonchev–Trinajstić information content (AvgIpc) is 1.77. The van der Waals surface area contributed by atoms with E-state index in [1.807, 2.05) is 0 Å². The first kappa shape index (κ1) is 13.6. The molecule has 1 rings (SSSR count). The molecular formula is C6H3BrFIZn-. The first-order chi connectivity index (χ1) is 3.80. The molecule has 51 valence electrons. The Bertz CT molecular complexity index is 184. The third kappa shape index (κ3) is 4.02. The van der Waals surface area contributed by atoms with Crippen molar-refractivity contribution >= 4 is 15.9 Å². The molecule has 0 N–H and O–H groups in total. The first-order valence-corrected chi connectivity index (χ1v) is 2.91. The van der Waals surface area contributed by atoms with Crippen molar-refractivity contribution in [2.75, 3.05) is 0 Å². The van der Waals surface area contributed by atoms with Gasteiger partial charge in [0.2, 0.25) is 6.17 Å². The van der Waals surface area contributed by atoms with Crippen LogP contribution >= 0.6 is 15.9 Å². The zero-order chi connectivity index (χ0) is 5.98. The number of hydrogen-bond donors (Lipinski definition) is 0. The molecule has 0 heterocycles. The molecule has 0 atom stereocenters. The van der Waals surface area contributed by atoms with E-state index in [1.165, 1.54) is 6.08 Å². The van der Waals surface area contributed by atoms with E-state index < -0.39 is 0 Å². The first-order valence-electron chi connectivity index (χ1n) is 2.12. The van der Waals surface area contributed by atoms with E-state index in [1.54, 1.807) is 12.2 Å². The molecule has 0 fully saturated rings. The Labute approximate surface area is 97.5 Å². The van der Waals surface area contributed by atoms with Crippen molar-refractivity contribution in [3.63, 3.8) is 0 Å². The van der Waals surface area contributed by atoms with Gasteiger partial charge in [-0.2, -0.15) is 0 Å². The summed E-state index contributed by atoms with van der Waals surface area (Å²) < 4.78 is 12.7. The molecule has 0 saturated carbocycles. The average molecular weight is 366 g/mol. The molecule has 0 saturated heterocycles. The molecule has 1 aliphatic carbocycles. The van der Waals surface area contributed by atoms with E-state index in [0.29, 0.717) is 4.48 Å². The Morgan fingerprint density at radius 1 is 1.50 bits per heavy atom. The van der Waals surface area contributed by atoms with Crippen molar-refractivity contribution in [3.05, 3.63) is 34.6 Å². The second kappa shape index (κ2) is 6.72. The number of hydrogen-bond acceptors (Lipinski definition) is 0. The van der Waals surface area contributed by atoms with Crippen LogP contribution in [0.5, 0.6) is 0 Å². The largest absolute Gasteiger partial charge is 1.00 e. The summed E-state index contributed by atoms with van der Waals surface area (Å²) in [4.78, 5) is 0. The molecular weight excluding hydrogens is 363 g/mol. The molecule has 0 unspecified atom stereocenters. The predicted molar refractivity (Wildman–Crippen MR) is 34.0 cm³/mol. The Kier molecular flexibility index (Phi) is 9.14. The summed E-state index contributed by atoms with van der Waals surface area (Å²) in [5.41, 5.74) is 2.60. The van der Waals surface area contributed by atoms with Gasteiger partial charge in [-0.15, -0.1) is 5.73 Å². The zero-order valence-corrected chi connectivity index (χ0v) is 11.8. The molecule has 10 heavy (non-hydrogen) atoms. The van der Waals surface area contributed by atoms with E-state index in [9.17, 15) is 4.39 Å². The van der Waals surface area contributed by atoms with E-state index in [4.69, 9.17) is 0 Å². The van der Waals surface area contributed by atoms with Gasteiger partial charge in [0, 0.05) is 30.0 Å². The fourth-order valence-corrected chi connectivity index (χ4v) is 0.638. The van der Waals surface area contributed by atoms with Gasteiger partial charge >= 0.3 is 0 Å². The van der Waals surface area contributed by atoms with Gasteiger partial charge < -0.3 is 24.0 Å². The zero-order valence-electron chi connectivity index (χ0n) is 5.07. The Balaban J connectivity index is 0. The van der Waals surface area contributed by atoms with Gasteiger partial charge in [0.15, 0.2) is 0 Å². The summed E-state index contributed by atoms with van der Waals surface area (Å²) in [7, 11) is 0. The molecule has 0 aromatic heterocycles. The summed E-state index contributed by atoms with van der Waals surface area (Å²) in [5.74, 6) is 0. The Hall–Kier alpha value is 1.02. The van der Waals surface area contributed by atoms with Gasteiger partial charge in [0.1, 0.15) is 0 Å². The molecule has 0 amide bonds. The summed E-state index contributed by atoms with van der Waals surface area (Å²) in [6.07, 6.45) is 4.26. The summed E-state index contributed by atoms with van der Waals surface area (Å²) in [5, 5.41) is 0. The van der Waals surface area contributed by atoms with Gasteiger partial charge in [-0.25, -0.2) is 4.39 Å². The third-order valence-electron chi connectivity index (χ3n) is 0.764. The van der Waals surface area contributed by atoms with Gasteiger partial charge in [0.05, 0.1) is 0 Å². The van der Waals surface area contributed by atoms with E-state index in [-0.39, 0.29) is 49.6 Å². The maximum Gasteiger partial charge on any atom is 0.210 e. The van der Waals surface area contributed by atoms with E-state index >= 15 is 0 Å². The summed E-state index contributed by atoms with van der Waals surface area (Å²) in [6, 6.07) is 0. The maximum atomic E-state index is 12.2. The second-order valence-corrected chi connectivity index (χ2v) is 2.19. The number of rotatable bonds is 0. The van der Waals surface area contributed by atoms with Crippen molar-refractivity contribution in [1.82, 2.24) is 0 Å². The number of halogens is 3. The Morgan fingerprint density at radius 3 is 2.40 bits per heavy atom. The molecule has 0 aliphatic heterocycles. The van der Waals surface area contributed by atoms with Crippen molar-refractivity contribution in [1.29, 1.82) is 0 Å². The van der Waals surface area contributed by atoms with Crippen molar-refractivity contribution in [3.8, 4) is 0 Å². The van der Waals surface area contributed by atoms with Crippen LogP contribution in [0.15, 0.2) is 28.4 Å². The van der Waals surface area contributed by atoms with Gasteiger partial charge in [0.25, 0.3) is 0 Å². The smallest absolute Gasteiger partial charge is 0.210 e. The molecule has 0 aromatic rings. The third-order valence-corrected chi connectivity index (χ3v) is 1.41. The molecule has 1 radical (unpaired) electrons. The minimum Gasteiger partial charge on any atom is -1.00 e. The molecule has 0 bridgehead atoms. The standard InChI is InChI=1S/C6H3BrF.HI.Zn/c7-5-3-1-2-4-6(5)8;;/h1,3-4H;1H;/p-1. The van der Waals surface area contributed by atoms with Crippen LogP contribution in [0.2, 0.25) is 0 Å². The molecule has 4 heteroatoms. The minimum atomic E-state index is -0.271. The van der Waals surface area contributed by atoms with Gasteiger partial charge in [-0.05, 0) is 12.2 Å². The predicted octanol–water partition coefficient (Wildman–Crippen LogP) is -0.507. The monoisotopic (exact) mass is 364 g/mol. The van der Waals surface area contributed by atoms with E-state index in [2.05, 4.69) is 21.7 Å². The van der Waals surface area contributed by atoms with Gasteiger partial charge in [-0.1, -0.05) is 15.9 Å². The number of allylic oxidation sites excluding steroid dienone is 3. The van der Waals surface area contributed by atoms with Crippen LogP contribution < -0.4 is 24.0 Å². The summed E-state index contributed by atoms with van der Waals surface area (Å²) in [6.45, 7) is 0. The SMILES string of the molecule is F[C]1C=C=CC=C1Br.[I-].[Zn]. The van der Waals surface area contributed by atoms with Crippen molar-refractivity contribution in [2.24, 2.45) is 0 Å². The molecule has 1 aliphatic rings. The normalized spacial score (nSPS) is 15.2. The van der Waals surface area contributed by atoms with Crippen LogP contribution in [-0.4, -0.2) is 0 Å². The van der Waals surface area contributed by atoms with Crippen LogP contribution in [0.4, 0.5) is 4.39 Å². The van der Waals surface area contributed by atoms with Crippen LogP contribution in [0.3, 0.4) is 0 Å². The quantitative estimate of drug-likeness (QED) is 0.308. The molecule has 0 spiro atoms. The Morgan fingerprint density at radius 2 is 2.10 bits per heavy atom. The van der Waals surface area contributed by atoms with Crippen LogP contribution in [0.1, 0.15) is 0 Å². The topological polar surface area (TPSA) is 0 Å². The van der Waals surface area contributed by atoms with Crippen molar-refractivity contribution in [2.45, 2.75) is 0 Å². The fourth-order valence-electron chi connectivity index (χ4n) is 0.391. The van der Waals surface area contributed by atoms with Crippen LogP contribution in [-0.2, 0) is 19.5 Å².